The molecule has 0 bridgehead atoms. The Bertz CT molecular complexity index is 1220. The highest BCUT2D eigenvalue weighted by Gasteiger charge is 2.19. The van der Waals surface area contributed by atoms with Gasteiger partial charge in [-0.05, 0) is 18.4 Å². The number of fused-ring (bicyclic) bond motifs is 1. The zero-order valence-electron chi connectivity index (χ0n) is 17.4. The first-order valence-electron chi connectivity index (χ1n) is 9.93. The molecule has 10 nitrogen and oxygen atoms in total. The van der Waals surface area contributed by atoms with Crippen molar-refractivity contribution in [3.63, 3.8) is 0 Å². The van der Waals surface area contributed by atoms with Crippen LogP contribution in [0.3, 0.4) is 0 Å². The van der Waals surface area contributed by atoms with E-state index in [0.717, 1.165) is 24.1 Å². The van der Waals surface area contributed by atoms with Gasteiger partial charge in [-0.1, -0.05) is 32.4 Å². The lowest BCUT2D eigenvalue weighted by molar-refractivity contribution is 0.262. The van der Waals surface area contributed by atoms with Gasteiger partial charge >= 0.3 is 0 Å². The highest BCUT2D eigenvalue weighted by atomic mass is 16.5. The fraction of sp³-hybridized carbons (Fsp3) is 0.400. The van der Waals surface area contributed by atoms with Crippen molar-refractivity contribution in [3.8, 4) is 28.5 Å². The van der Waals surface area contributed by atoms with E-state index in [1.165, 1.54) is 0 Å². The Morgan fingerprint density at radius 2 is 2.07 bits per heavy atom. The first kappa shape index (κ1) is 19.7. The van der Waals surface area contributed by atoms with Gasteiger partial charge in [0.05, 0.1) is 29.8 Å². The summed E-state index contributed by atoms with van der Waals surface area (Å²) in [6.45, 7) is 6.69. The molecule has 0 atom stereocenters. The fourth-order valence-electron chi connectivity index (χ4n) is 3.24. The maximum absolute atomic E-state index is 12.8. The van der Waals surface area contributed by atoms with Crippen molar-refractivity contribution in [1.82, 2.24) is 40.1 Å². The maximum Gasteiger partial charge on any atom is 0.279 e. The van der Waals surface area contributed by atoms with Crippen LogP contribution in [0.1, 0.15) is 32.9 Å². The molecule has 0 amide bonds. The normalized spacial score (nSPS) is 11.5. The van der Waals surface area contributed by atoms with Crippen LogP contribution in [0.2, 0.25) is 0 Å². The molecule has 0 unspecified atom stereocenters. The lowest BCUT2D eigenvalue weighted by Crippen LogP contribution is -2.12. The van der Waals surface area contributed by atoms with Crippen molar-refractivity contribution in [3.05, 3.63) is 34.5 Å². The number of pyridine rings is 1. The number of H-pyrrole nitrogens is 2. The molecule has 0 aliphatic carbocycles. The van der Waals surface area contributed by atoms with Crippen LogP contribution in [0.25, 0.3) is 33.7 Å². The van der Waals surface area contributed by atoms with Gasteiger partial charge in [-0.2, -0.15) is 5.10 Å². The molecule has 0 saturated heterocycles. The van der Waals surface area contributed by atoms with Crippen LogP contribution in [0.4, 0.5) is 0 Å². The Morgan fingerprint density at radius 3 is 2.77 bits per heavy atom. The first-order chi connectivity index (χ1) is 14.5. The Hall–Kier alpha value is -3.56. The summed E-state index contributed by atoms with van der Waals surface area (Å²) in [4.78, 5) is 24.9. The highest BCUT2D eigenvalue weighted by molar-refractivity contribution is 5.80. The average Bonchev–Trinajstić information content (AvgIpc) is 3.36. The summed E-state index contributed by atoms with van der Waals surface area (Å²) in [6, 6.07) is 1.86. The van der Waals surface area contributed by atoms with Crippen molar-refractivity contribution < 1.29 is 4.74 Å². The Kier molecular flexibility index (Phi) is 5.30. The predicted molar refractivity (Wildman–Crippen MR) is 112 cm³/mol. The molecule has 4 aromatic rings. The topological polar surface area (TPSA) is 127 Å². The molecule has 4 heterocycles. The number of rotatable bonds is 7. The second-order valence-corrected chi connectivity index (χ2v) is 7.58. The third kappa shape index (κ3) is 3.68. The second kappa shape index (κ2) is 8.05. The van der Waals surface area contributed by atoms with Gasteiger partial charge in [0.1, 0.15) is 11.3 Å². The van der Waals surface area contributed by atoms with E-state index in [1.807, 2.05) is 13.1 Å². The number of hydrogen-bond acceptors (Lipinski definition) is 7. The molecule has 4 aromatic heterocycles. The summed E-state index contributed by atoms with van der Waals surface area (Å²) in [7, 11) is 1.83. The number of nitrogens with one attached hydrogen (secondary N) is 2. The Morgan fingerprint density at radius 1 is 1.23 bits per heavy atom. The van der Waals surface area contributed by atoms with E-state index in [1.54, 1.807) is 17.1 Å². The quantitative estimate of drug-likeness (QED) is 0.481. The van der Waals surface area contributed by atoms with Crippen LogP contribution in [-0.2, 0) is 13.5 Å². The summed E-state index contributed by atoms with van der Waals surface area (Å²) in [5, 5.41) is 14.8. The molecule has 4 rings (SSSR count). The minimum Gasteiger partial charge on any atom is -0.477 e. The molecule has 0 aliphatic heterocycles. The minimum absolute atomic E-state index is 0.295. The molecular formula is C20H24N8O2. The molecule has 0 fully saturated rings. The number of aryl methyl sites for hydroxylation is 2. The lowest BCUT2D eigenvalue weighted by atomic mass is 10.1. The molecule has 10 heteroatoms. The molecule has 0 aromatic carbocycles. The van der Waals surface area contributed by atoms with Crippen LogP contribution in [0, 0.1) is 5.92 Å². The van der Waals surface area contributed by atoms with Crippen LogP contribution < -0.4 is 10.3 Å². The summed E-state index contributed by atoms with van der Waals surface area (Å²) in [5.74, 6) is 1.11. The Balaban J connectivity index is 1.90. The lowest BCUT2D eigenvalue weighted by Gasteiger charge is -2.13. The van der Waals surface area contributed by atoms with E-state index in [-0.39, 0.29) is 5.56 Å². The SMILES string of the molecule is CCCc1c2nc(-c3cc(-c4cnn[nH]4)cnc3OCC(C)C)[nH]c(=O)c2nn1C. The van der Waals surface area contributed by atoms with Crippen molar-refractivity contribution in [2.75, 3.05) is 6.61 Å². The van der Waals surface area contributed by atoms with Gasteiger partial charge in [0.2, 0.25) is 5.88 Å². The zero-order chi connectivity index (χ0) is 21.3. The largest absolute Gasteiger partial charge is 0.477 e. The molecule has 2 N–H and O–H groups in total. The summed E-state index contributed by atoms with van der Waals surface area (Å²) >= 11 is 0. The number of aromatic amines is 2. The van der Waals surface area contributed by atoms with Gasteiger partial charge in [0.25, 0.3) is 5.56 Å². The van der Waals surface area contributed by atoms with Crippen molar-refractivity contribution in [2.24, 2.45) is 13.0 Å². The van der Waals surface area contributed by atoms with Gasteiger partial charge in [-0.3, -0.25) is 14.6 Å². The van der Waals surface area contributed by atoms with Crippen molar-refractivity contribution >= 4 is 11.0 Å². The van der Waals surface area contributed by atoms with E-state index in [9.17, 15) is 4.79 Å². The number of aromatic nitrogens is 8. The van der Waals surface area contributed by atoms with Crippen molar-refractivity contribution in [1.29, 1.82) is 0 Å². The zero-order valence-corrected chi connectivity index (χ0v) is 17.4. The molecular weight excluding hydrogens is 384 g/mol. The number of hydrogen-bond donors (Lipinski definition) is 2. The molecule has 156 valence electrons. The smallest absolute Gasteiger partial charge is 0.279 e. The highest BCUT2D eigenvalue weighted by Crippen LogP contribution is 2.30. The van der Waals surface area contributed by atoms with Gasteiger partial charge in [0, 0.05) is 18.8 Å². The average molecular weight is 408 g/mol. The van der Waals surface area contributed by atoms with E-state index in [0.29, 0.717) is 46.5 Å². The van der Waals surface area contributed by atoms with E-state index in [2.05, 4.69) is 51.2 Å². The standard InChI is InChI=1S/C20H24N8O2/c1-5-6-15-16-17(26-28(15)4)19(29)24-18(23-16)13-7-12(14-9-22-27-25-14)8-21-20(13)30-10-11(2)3/h7-9,11H,5-6,10H2,1-4H3,(H,22,25,27)(H,23,24,29). The second-order valence-electron chi connectivity index (χ2n) is 7.58. The summed E-state index contributed by atoms with van der Waals surface area (Å²) < 4.78 is 7.65. The van der Waals surface area contributed by atoms with Gasteiger partial charge in [-0.25, -0.2) is 9.97 Å². The van der Waals surface area contributed by atoms with Crippen LogP contribution in [0.5, 0.6) is 5.88 Å². The van der Waals surface area contributed by atoms with Gasteiger partial charge in [0.15, 0.2) is 5.52 Å². The predicted octanol–water partition coefficient (Wildman–Crippen LogP) is 2.49. The van der Waals surface area contributed by atoms with E-state index >= 15 is 0 Å². The van der Waals surface area contributed by atoms with E-state index < -0.39 is 0 Å². The molecule has 0 aliphatic rings. The van der Waals surface area contributed by atoms with Gasteiger partial charge in [-0.15, -0.1) is 5.10 Å². The molecule has 0 radical (unpaired) electrons. The number of ether oxygens (including phenoxy) is 1. The monoisotopic (exact) mass is 408 g/mol. The van der Waals surface area contributed by atoms with Crippen LogP contribution >= 0.6 is 0 Å². The van der Waals surface area contributed by atoms with Crippen molar-refractivity contribution in [2.45, 2.75) is 33.6 Å². The third-order valence-corrected chi connectivity index (χ3v) is 4.68. The Labute approximate surface area is 172 Å². The summed E-state index contributed by atoms with van der Waals surface area (Å²) in [5.41, 5.74) is 3.61. The maximum atomic E-state index is 12.8. The first-order valence-corrected chi connectivity index (χ1v) is 9.93. The van der Waals surface area contributed by atoms with Crippen LogP contribution in [0.15, 0.2) is 23.3 Å². The van der Waals surface area contributed by atoms with Crippen LogP contribution in [-0.4, -0.2) is 46.8 Å². The minimum atomic E-state index is -0.295. The summed E-state index contributed by atoms with van der Waals surface area (Å²) in [6.07, 6.45) is 4.98. The fourth-order valence-corrected chi connectivity index (χ4v) is 3.24. The third-order valence-electron chi connectivity index (χ3n) is 4.68. The van der Waals surface area contributed by atoms with E-state index in [4.69, 9.17) is 9.72 Å². The molecule has 0 saturated carbocycles. The number of nitrogens with zero attached hydrogens (tertiary/aromatic N) is 6. The molecule has 0 spiro atoms. The van der Waals surface area contributed by atoms with Gasteiger partial charge < -0.3 is 9.72 Å². The molecule has 30 heavy (non-hydrogen) atoms.